The number of hydrogen-bond acceptors (Lipinski definition) is 4. The predicted octanol–water partition coefficient (Wildman–Crippen LogP) is 1.58. The van der Waals surface area contributed by atoms with Crippen LogP contribution in [0.1, 0.15) is 38.5 Å². The Labute approximate surface area is 133 Å². The number of aromatic nitrogens is 2. The maximum Gasteiger partial charge on any atom is 0.0822 e. The van der Waals surface area contributed by atoms with Gasteiger partial charge in [-0.05, 0) is 51.4 Å². The highest BCUT2D eigenvalue weighted by Gasteiger charge is 2.31. The lowest BCUT2D eigenvalue weighted by Gasteiger charge is -2.41. The first-order valence-electron chi connectivity index (χ1n) is 8.95. The summed E-state index contributed by atoms with van der Waals surface area (Å²) < 4.78 is 1.99. The molecular weight excluding hydrogens is 276 g/mol. The van der Waals surface area contributed by atoms with Crippen molar-refractivity contribution in [2.45, 2.75) is 57.2 Å². The summed E-state index contributed by atoms with van der Waals surface area (Å²) in [6.07, 6.45) is 11.2. The van der Waals surface area contributed by atoms with Crippen LogP contribution >= 0.6 is 0 Å². The summed E-state index contributed by atoms with van der Waals surface area (Å²) in [6.45, 7) is 6.35. The number of rotatable bonds is 5. The Kier molecular flexibility index (Phi) is 5.87. The molecule has 124 valence electrons. The third-order valence-electron chi connectivity index (χ3n) is 5.16. The lowest BCUT2D eigenvalue weighted by atomic mass is 9.99. The summed E-state index contributed by atoms with van der Waals surface area (Å²) in [4.78, 5) is 4.97. The molecule has 0 spiro atoms. The second-order valence-corrected chi connectivity index (χ2v) is 6.80. The third kappa shape index (κ3) is 4.31. The Bertz CT molecular complexity index is 414. The molecule has 2 saturated heterocycles. The first-order chi connectivity index (χ1) is 10.8. The molecule has 2 fully saturated rings. The van der Waals surface area contributed by atoms with E-state index in [0.717, 1.165) is 39.0 Å². The van der Waals surface area contributed by atoms with Gasteiger partial charge in [-0.1, -0.05) is 12.8 Å². The van der Waals surface area contributed by atoms with Gasteiger partial charge in [0.1, 0.15) is 0 Å². The van der Waals surface area contributed by atoms with Crippen molar-refractivity contribution in [2.75, 3.05) is 32.7 Å². The number of nitrogens with zero attached hydrogens (tertiary/aromatic N) is 4. The van der Waals surface area contributed by atoms with Crippen molar-refractivity contribution in [3.8, 4) is 0 Å². The Morgan fingerprint density at radius 1 is 1.05 bits per heavy atom. The summed E-state index contributed by atoms with van der Waals surface area (Å²) in [5, 5.41) is 14.8. The number of aliphatic hydroxyl groups excluding tert-OH is 1. The topological polar surface area (TPSA) is 44.5 Å². The van der Waals surface area contributed by atoms with Crippen LogP contribution in [0, 0.1) is 0 Å². The van der Waals surface area contributed by atoms with Gasteiger partial charge in [0.25, 0.3) is 0 Å². The summed E-state index contributed by atoms with van der Waals surface area (Å²) in [6, 6.07) is 2.36. The average Bonchev–Trinajstić information content (AvgIpc) is 2.89. The molecular formula is C17H30N4O. The highest BCUT2D eigenvalue weighted by molar-refractivity contribution is 4.87. The third-order valence-corrected chi connectivity index (χ3v) is 5.16. The van der Waals surface area contributed by atoms with Crippen molar-refractivity contribution in [3.63, 3.8) is 0 Å². The van der Waals surface area contributed by atoms with Crippen molar-refractivity contribution in [1.82, 2.24) is 19.6 Å². The molecule has 3 rings (SSSR count). The number of hydrogen-bond donors (Lipinski definition) is 1. The van der Waals surface area contributed by atoms with Crippen LogP contribution in [-0.4, -0.2) is 69.6 Å². The summed E-state index contributed by atoms with van der Waals surface area (Å²) >= 11 is 0. The van der Waals surface area contributed by atoms with Gasteiger partial charge in [0, 0.05) is 38.1 Å². The van der Waals surface area contributed by atoms with Crippen molar-refractivity contribution in [2.24, 2.45) is 0 Å². The van der Waals surface area contributed by atoms with Gasteiger partial charge in [-0.15, -0.1) is 0 Å². The maximum absolute atomic E-state index is 10.6. The van der Waals surface area contributed by atoms with E-state index < -0.39 is 0 Å². The van der Waals surface area contributed by atoms with E-state index in [2.05, 4.69) is 14.9 Å². The van der Waals surface area contributed by atoms with E-state index >= 15 is 0 Å². The quantitative estimate of drug-likeness (QED) is 0.897. The van der Waals surface area contributed by atoms with Crippen LogP contribution in [0.5, 0.6) is 0 Å². The molecule has 0 aromatic carbocycles. The number of aryl methyl sites for hydroxylation is 1. The summed E-state index contributed by atoms with van der Waals surface area (Å²) in [5.41, 5.74) is 0. The molecule has 3 heterocycles. The van der Waals surface area contributed by atoms with Gasteiger partial charge >= 0.3 is 0 Å². The number of aliphatic hydroxyl groups is 1. The van der Waals surface area contributed by atoms with Crippen LogP contribution in [0.15, 0.2) is 18.5 Å². The monoisotopic (exact) mass is 306 g/mol. The van der Waals surface area contributed by atoms with Crippen molar-refractivity contribution >= 4 is 0 Å². The molecule has 0 radical (unpaired) electrons. The minimum absolute atomic E-state index is 0.184. The van der Waals surface area contributed by atoms with E-state index in [1.54, 1.807) is 0 Å². The summed E-state index contributed by atoms with van der Waals surface area (Å²) in [7, 11) is 0. The Balaban J connectivity index is 1.41. The molecule has 5 nitrogen and oxygen atoms in total. The van der Waals surface area contributed by atoms with E-state index in [0.29, 0.717) is 6.04 Å². The maximum atomic E-state index is 10.6. The Morgan fingerprint density at radius 3 is 2.55 bits per heavy atom. The SMILES string of the molecule is O[C@@H]1CN(CCCn2cccn2)CC[C@H]1N1CCCCCC1. The fraction of sp³-hybridized carbons (Fsp3) is 0.824. The molecule has 2 aliphatic rings. The van der Waals surface area contributed by atoms with Crippen LogP contribution in [0.25, 0.3) is 0 Å². The van der Waals surface area contributed by atoms with Gasteiger partial charge in [0.2, 0.25) is 0 Å². The zero-order valence-corrected chi connectivity index (χ0v) is 13.6. The van der Waals surface area contributed by atoms with E-state index in [-0.39, 0.29) is 6.10 Å². The number of likely N-dealkylation sites (tertiary alicyclic amines) is 2. The van der Waals surface area contributed by atoms with Crippen LogP contribution in [0.4, 0.5) is 0 Å². The predicted molar refractivity (Wildman–Crippen MR) is 87.7 cm³/mol. The van der Waals surface area contributed by atoms with Gasteiger partial charge in [-0.2, -0.15) is 5.10 Å². The van der Waals surface area contributed by atoms with Crippen molar-refractivity contribution in [3.05, 3.63) is 18.5 Å². The second kappa shape index (κ2) is 8.09. The van der Waals surface area contributed by atoms with Gasteiger partial charge in [-0.3, -0.25) is 9.58 Å². The van der Waals surface area contributed by atoms with Gasteiger partial charge < -0.3 is 10.0 Å². The first-order valence-corrected chi connectivity index (χ1v) is 8.95. The number of piperidine rings is 1. The highest BCUT2D eigenvalue weighted by atomic mass is 16.3. The standard InChI is InChI=1S/C17H30N4O/c22-17-15-19(9-6-13-21-12-5-8-18-21)14-7-16(17)20-10-3-1-2-4-11-20/h5,8,12,16-17,22H,1-4,6-7,9-11,13-15H2/t16-,17-/m1/s1. The fourth-order valence-electron chi connectivity index (χ4n) is 3.93. The molecule has 0 amide bonds. The fourth-order valence-corrected chi connectivity index (χ4v) is 3.93. The molecule has 2 aliphatic heterocycles. The van der Waals surface area contributed by atoms with Crippen LogP contribution in [0.2, 0.25) is 0 Å². The Morgan fingerprint density at radius 2 is 1.86 bits per heavy atom. The molecule has 5 heteroatoms. The molecule has 1 aromatic heterocycles. The molecule has 1 N–H and O–H groups in total. The normalized spacial score (nSPS) is 28.6. The Hall–Kier alpha value is -0.910. The van der Waals surface area contributed by atoms with Gasteiger partial charge in [0.15, 0.2) is 0 Å². The minimum Gasteiger partial charge on any atom is -0.390 e. The number of β-amino-alcohol motifs (C(OH)–C–C–N with tert-alkyl or cyclic N) is 1. The van der Waals surface area contributed by atoms with Crippen LogP contribution in [0.3, 0.4) is 0 Å². The first kappa shape index (κ1) is 16.0. The molecule has 0 bridgehead atoms. The molecule has 1 aromatic rings. The van der Waals surface area contributed by atoms with E-state index in [4.69, 9.17) is 0 Å². The summed E-state index contributed by atoms with van der Waals surface area (Å²) in [5.74, 6) is 0. The van der Waals surface area contributed by atoms with Gasteiger partial charge in [-0.25, -0.2) is 0 Å². The van der Waals surface area contributed by atoms with Gasteiger partial charge in [0.05, 0.1) is 6.10 Å². The van der Waals surface area contributed by atoms with E-state index in [1.807, 2.05) is 23.1 Å². The van der Waals surface area contributed by atoms with E-state index in [1.165, 1.54) is 38.8 Å². The van der Waals surface area contributed by atoms with Crippen LogP contribution < -0.4 is 0 Å². The minimum atomic E-state index is -0.184. The molecule has 2 atom stereocenters. The molecule has 0 saturated carbocycles. The second-order valence-electron chi connectivity index (χ2n) is 6.80. The zero-order valence-electron chi connectivity index (χ0n) is 13.6. The smallest absolute Gasteiger partial charge is 0.0822 e. The van der Waals surface area contributed by atoms with Crippen molar-refractivity contribution < 1.29 is 5.11 Å². The van der Waals surface area contributed by atoms with E-state index in [9.17, 15) is 5.11 Å². The molecule has 0 unspecified atom stereocenters. The largest absolute Gasteiger partial charge is 0.390 e. The highest BCUT2D eigenvalue weighted by Crippen LogP contribution is 2.21. The molecule has 0 aliphatic carbocycles. The lowest BCUT2D eigenvalue weighted by molar-refractivity contribution is -0.0125. The van der Waals surface area contributed by atoms with Crippen LogP contribution in [-0.2, 0) is 6.54 Å². The van der Waals surface area contributed by atoms with Crippen molar-refractivity contribution in [1.29, 1.82) is 0 Å². The molecule has 22 heavy (non-hydrogen) atoms. The average molecular weight is 306 g/mol. The lowest BCUT2D eigenvalue weighted by Crippen LogP contribution is -2.54. The zero-order chi connectivity index (χ0) is 15.2.